The molecule has 0 aliphatic carbocycles. The molecule has 23 heavy (non-hydrogen) atoms. The zero-order valence-electron chi connectivity index (χ0n) is 12.4. The van der Waals surface area contributed by atoms with Crippen molar-refractivity contribution in [2.75, 3.05) is 11.9 Å². The average Bonchev–Trinajstić information content (AvgIpc) is 2.44. The van der Waals surface area contributed by atoms with Gasteiger partial charge in [-0.25, -0.2) is 0 Å². The molecule has 3 nitrogen and oxygen atoms in total. The largest absolute Gasteiger partial charge is 0.455 e. The number of carbonyl (C=O) groups is 1. The summed E-state index contributed by atoms with van der Waals surface area (Å²) in [5, 5.41) is 4.43. The van der Waals surface area contributed by atoms with Gasteiger partial charge in [0.05, 0.1) is 17.6 Å². The van der Waals surface area contributed by atoms with E-state index >= 15 is 0 Å². The highest BCUT2D eigenvalue weighted by molar-refractivity contribution is 6.00. The van der Waals surface area contributed by atoms with Crippen molar-refractivity contribution in [3.8, 4) is 12.3 Å². The highest BCUT2D eigenvalue weighted by Gasteiger charge is 2.57. The van der Waals surface area contributed by atoms with Gasteiger partial charge in [-0.2, -0.15) is 22.0 Å². The monoisotopic (exact) mass is 334 g/mol. The number of carbonyl (C=O) groups excluding carboxylic acids is 1. The molecule has 0 aliphatic rings. The summed E-state index contributed by atoms with van der Waals surface area (Å²) in [4.78, 5) is 12.1. The van der Waals surface area contributed by atoms with Crippen LogP contribution in [0.3, 0.4) is 0 Å². The van der Waals surface area contributed by atoms with Gasteiger partial charge in [0.25, 0.3) is 5.91 Å². The predicted molar refractivity (Wildman–Crippen MR) is 76.3 cm³/mol. The Balaban J connectivity index is 2.95. The van der Waals surface area contributed by atoms with Crippen molar-refractivity contribution in [3.05, 3.63) is 29.8 Å². The molecule has 8 heteroatoms. The predicted octanol–water partition coefficient (Wildman–Crippen LogP) is 3.44. The first kappa shape index (κ1) is 18.7. The second kappa shape index (κ2) is 6.44. The van der Waals surface area contributed by atoms with E-state index in [-0.39, 0.29) is 11.3 Å². The molecule has 0 spiro atoms. The summed E-state index contributed by atoms with van der Waals surface area (Å²) in [6.45, 7) is 1.40. The van der Waals surface area contributed by atoms with Crippen molar-refractivity contribution in [2.24, 2.45) is 0 Å². The van der Waals surface area contributed by atoms with Crippen molar-refractivity contribution in [3.63, 3.8) is 0 Å². The SMILES string of the molecule is C#CC(C)(C)NC(=O)c1ccccc1NCC(F)(F)C(F)(F)F. The third-order valence-electron chi connectivity index (χ3n) is 2.87. The van der Waals surface area contributed by atoms with E-state index in [9.17, 15) is 26.7 Å². The van der Waals surface area contributed by atoms with E-state index < -0.39 is 30.1 Å². The lowest BCUT2D eigenvalue weighted by Crippen LogP contribution is -2.44. The zero-order chi connectivity index (χ0) is 17.9. The molecule has 1 aromatic carbocycles. The molecular weight excluding hydrogens is 319 g/mol. The van der Waals surface area contributed by atoms with Crippen molar-refractivity contribution >= 4 is 11.6 Å². The molecule has 0 saturated carbocycles. The van der Waals surface area contributed by atoms with E-state index in [1.165, 1.54) is 24.3 Å². The lowest BCUT2D eigenvalue weighted by molar-refractivity contribution is -0.275. The van der Waals surface area contributed by atoms with Crippen LogP contribution in [0, 0.1) is 12.3 Å². The first-order chi connectivity index (χ1) is 10.4. The molecule has 0 saturated heterocycles. The number of terminal acetylenes is 1. The fourth-order valence-electron chi connectivity index (χ4n) is 1.53. The Kier molecular flexibility index (Phi) is 5.25. The molecule has 0 bridgehead atoms. The first-order valence-corrected chi connectivity index (χ1v) is 6.47. The van der Waals surface area contributed by atoms with Gasteiger partial charge in [-0.05, 0) is 26.0 Å². The summed E-state index contributed by atoms with van der Waals surface area (Å²) in [6, 6.07) is 5.36. The first-order valence-electron chi connectivity index (χ1n) is 6.47. The Labute approximate surface area is 130 Å². The molecule has 0 unspecified atom stereocenters. The van der Waals surface area contributed by atoms with Crippen LogP contribution in [0.25, 0.3) is 0 Å². The van der Waals surface area contributed by atoms with Gasteiger partial charge in [0.2, 0.25) is 0 Å². The number of nitrogens with one attached hydrogen (secondary N) is 2. The van der Waals surface area contributed by atoms with E-state index in [1.54, 1.807) is 13.8 Å². The summed E-state index contributed by atoms with van der Waals surface area (Å²) < 4.78 is 62.4. The molecule has 0 radical (unpaired) electrons. The number of alkyl halides is 5. The van der Waals surface area contributed by atoms with Crippen LogP contribution in [0.15, 0.2) is 24.3 Å². The molecule has 0 aromatic heterocycles. The molecule has 1 aromatic rings. The smallest absolute Gasteiger partial charge is 0.378 e. The van der Waals surface area contributed by atoms with Gasteiger partial charge in [0.1, 0.15) is 0 Å². The van der Waals surface area contributed by atoms with Crippen molar-refractivity contribution < 1.29 is 26.7 Å². The van der Waals surface area contributed by atoms with E-state index in [4.69, 9.17) is 6.42 Å². The number of halogens is 5. The molecular formula is C15H15F5N2O. The number of hydrogen-bond donors (Lipinski definition) is 2. The van der Waals surface area contributed by atoms with Gasteiger partial charge >= 0.3 is 12.1 Å². The standard InChI is InChI=1S/C15H15F5N2O/c1-4-13(2,3)22-12(23)10-7-5-6-8-11(10)21-9-14(16,17)15(18,19)20/h1,5-8,21H,9H2,2-3H3,(H,22,23). The minimum absolute atomic E-state index is 0.0891. The van der Waals surface area contributed by atoms with Crippen LogP contribution in [0.2, 0.25) is 0 Å². The number of hydrogen-bond acceptors (Lipinski definition) is 2. The summed E-state index contributed by atoms with van der Waals surface area (Å²) in [5.74, 6) is -3.29. The maximum Gasteiger partial charge on any atom is 0.455 e. The van der Waals surface area contributed by atoms with Gasteiger partial charge in [-0.1, -0.05) is 18.1 Å². The second-order valence-corrected chi connectivity index (χ2v) is 5.32. The normalized spacial score (nSPS) is 12.4. The third kappa shape index (κ3) is 4.84. The summed E-state index contributed by atoms with van der Waals surface area (Å²) in [6.07, 6.45) is -0.448. The third-order valence-corrected chi connectivity index (χ3v) is 2.87. The number of rotatable bonds is 5. The van der Waals surface area contributed by atoms with Crippen LogP contribution in [-0.2, 0) is 0 Å². The van der Waals surface area contributed by atoms with E-state index in [0.29, 0.717) is 0 Å². The van der Waals surface area contributed by atoms with Gasteiger partial charge in [0, 0.05) is 5.69 Å². The van der Waals surface area contributed by atoms with Crippen LogP contribution in [0.4, 0.5) is 27.6 Å². The fourth-order valence-corrected chi connectivity index (χ4v) is 1.53. The molecule has 126 valence electrons. The van der Waals surface area contributed by atoms with Gasteiger partial charge in [-0.15, -0.1) is 6.42 Å². The Morgan fingerprint density at radius 1 is 1.17 bits per heavy atom. The number of para-hydroxylation sites is 1. The Morgan fingerprint density at radius 2 is 1.74 bits per heavy atom. The lowest BCUT2D eigenvalue weighted by Gasteiger charge is -2.23. The van der Waals surface area contributed by atoms with Crippen LogP contribution in [0.5, 0.6) is 0 Å². The van der Waals surface area contributed by atoms with Crippen molar-refractivity contribution in [1.29, 1.82) is 0 Å². The Bertz CT molecular complexity index is 617. The molecule has 0 fully saturated rings. The quantitative estimate of drug-likeness (QED) is 0.640. The van der Waals surface area contributed by atoms with E-state index in [0.717, 1.165) is 0 Å². The summed E-state index contributed by atoms with van der Waals surface area (Å²) in [7, 11) is 0. The van der Waals surface area contributed by atoms with Crippen LogP contribution in [0.1, 0.15) is 24.2 Å². The minimum atomic E-state index is -5.68. The van der Waals surface area contributed by atoms with Gasteiger partial charge in [-0.3, -0.25) is 4.79 Å². The Hall–Kier alpha value is -2.30. The molecule has 1 amide bonds. The zero-order valence-corrected chi connectivity index (χ0v) is 12.4. The van der Waals surface area contributed by atoms with E-state index in [1.807, 2.05) is 5.32 Å². The topological polar surface area (TPSA) is 41.1 Å². The number of benzene rings is 1. The van der Waals surface area contributed by atoms with Crippen LogP contribution < -0.4 is 10.6 Å². The van der Waals surface area contributed by atoms with Crippen LogP contribution >= 0.6 is 0 Å². The average molecular weight is 334 g/mol. The Morgan fingerprint density at radius 3 is 2.26 bits per heavy atom. The molecule has 1 rings (SSSR count). The summed E-state index contributed by atoms with van der Waals surface area (Å²) >= 11 is 0. The molecule has 0 atom stereocenters. The molecule has 0 aliphatic heterocycles. The highest BCUT2D eigenvalue weighted by Crippen LogP contribution is 2.35. The van der Waals surface area contributed by atoms with E-state index in [2.05, 4.69) is 11.2 Å². The van der Waals surface area contributed by atoms with Gasteiger partial charge < -0.3 is 10.6 Å². The van der Waals surface area contributed by atoms with Crippen molar-refractivity contribution in [1.82, 2.24) is 5.32 Å². The minimum Gasteiger partial charge on any atom is -0.378 e. The number of anilines is 1. The maximum atomic E-state index is 13.0. The van der Waals surface area contributed by atoms with Crippen LogP contribution in [-0.4, -0.2) is 30.1 Å². The maximum absolute atomic E-state index is 13.0. The second-order valence-electron chi connectivity index (χ2n) is 5.32. The number of amides is 1. The fraction of sp³-hybridized carbons (Fsp3) is 0.400. The molecule has 2 N–H and O–H groups in total. The molecule has 0 heterocycles. The van der Waals surface area contributed by atoms with Crippen molar-refractivity contribution in [2.45, 2.75) is 31.5 Å². The lowest BCUT2D eigenvalue weighted by atomic mass is 10.1. The summed E-state index contributed by atoms with van der Waals surface area (Å²) in [5.41, 5.74) is -1.24. The highest BCUT2D eigenvalue weighted by atomic mass is 19.4. The van der Waals surface area contributed by atoms with Gasteiger partial charge in [0.15, 0.2) is 0 Å².